The Kier molecular flexibility index (Phi) is 11.2. The van der Waals surface area contributed by atoms with E-state index in [1.165, 1.54) is 41.3 Å². The van der Waals surface area contributed by atoms with Gasteiger partial charge >= 0.3 is 0 Å². The monoisotopic (exact) mass is 668 g/mol. The second-order valence-corrected chi connectivity index (χ2v) is 14.0. The lowest BCUT2D eigenvalue weighted by Gasteiger charge is -2.35. The molecule has 1 aliphatic carbocycles. The fourth-order valence-corrected chi connectivity index (χ4v) is 7.53. The van der Waals surface area contributed by atoms with Crippen molar-refractivity contribution in [3.63, 3.8) is 0 Å². The standard InChI is InChI=1S/C37H40N4O6S/c1-28-12-11-15-30(24-28)26-39(35(25-29-13-5-2-6-14-29)37(43)38-31-16-7-3-8-17-31)36(42)27-40(32-20-22-33(23-21-32)41(44)45)48(46,47)34-18-9-4-10-19-34/h2,4-6,9-15,18-24,31,35H,3,7-8,16-17,25-27H2,1H3,(H,38,43). The molecule has 1 N–H and O–H groups in total. The first kappa shape index (κ1) is 34.3. The van der Waals surface area contributed by atoms with Gasteiger partial charge in [-0.3, -0.25) is 24.0 Å². The van der Waals surface area contributed by atoms with Crippen LogP contribution >= 0.6 is 0 Å². The minimum Gasteiger partial charge on any atom is -0.352 e. The van der Waals surface area contributed by atoms with Crippen molar-refractivity contribution in [2.75, 3.05) is 10.8 Å². The van der Waals surface area contributed by atoms with Gasteiger partial charge in [-0.25, -0.2) is 8.42 Å². The lowest BCUT2D eigenvalue weighted by molar-refractivity contribution is -0.384. The Morgan fingerprint density at radius 2 is 1.48 bits per heavy atom. The van der Waals surface area contributed by atoms with E-state index in [-0.39, 0.29) is 41.2 Å². The minimum absolute atomic E-state index is 0.00416. The van der Waals surface area contributed by atoms with Gasteiger partial charge < -0.3 is 10.2 Å². The van der Waals surface area contributed by atoms with Crippen LogP contribution < -0.4 is 9.62 Å². The van der Waals surface area contributed by atoms with Gasteiger partial charge in [0.2, 0.25) is 11.8 Å². The number of rotatable bonds is 13. The molecule has 0 aromatic heterocycles. The van der Waals surface area contributed by atoms with Crippen LogP contribution in [0.4, 0.5) is 11.4 Å². The molecule has 0 spiro atoms. The Bertz CT molecular complexity index is 1810. The summed E-state index contributed by atoms with van der Waals surface area (Å²) in [7, 11) is -4.31. The molecule has 4 aromatic carbocycles. The van der Waals surface area contributed by atoms with Crippen LogP contribution in [0, 0.1) is 17.0 Å². The van der Waals surface area contributed by atoms with E-state index in [4.69, 9.17) is 0 Å². The summed E-state index contributed by atoms with van der Waals surface area (Å²) in [5.74, 6) is -0.881. The van der Waals surface area contributed by atoms with Crippen LogP contribution in [0.5, 0.6) is 0 Å². The van der Waals surface area contributed by atoms with Gasteiger partial charge in [0, 0.05) is 31.1 Å². The number of nitro benzene ring substituents is 1. The van der Waals surface area contributed by atoms with E-state index in [0.29, 0.717) is 0 Å². The summed E-state index contributed by atoms with van der Waals surface area (Å²) in [6.45, 7) is 1.37. The molecular formula is C37H40N4O6S. The molecule has 250 valence electrons. The second kappa shape index (κ2) is 15.7. The number of carbonyl (C=O) groups excluding carboxylic acids is 2. The number of nitro groups is 1. The highest BCUT2D eigenvalue weighted by Crippen LogP contribution is 2.27. The predicted octanol–water partition coefficient (Wildman–Crippen LogP) is 6.19. The zero-order valence-corrected chi connectivity index (χ0v) is 27.7. The normalized spacial score (nSPS) is 14.1. The number of carbonyl (C=O) groups is 2. The van der Waals surface area contributed by atoms with Gasteiger partial charge in [-0.2, -0.15) is 0 Å². The molecule has 4 aromatic rings. The summed E-state index contributed by atoms with van der Waals surface area (Å²) in [6, 6.07) is 28.9. The molecule has 1 unspecified atom stereocenters. The quantitative estimate of drug-likeness (QED) is 0.134. The van der Waals surface area contributed by atoms with E-state index in [1.54, 1.807) is 18.2 Å². The Morgan fingerprint density at radius 1 is 0.854 bits per heavy atom. The van der Waals surface area contributed by atoms with Gasteiger partial charge in [-0.05, 0) is 55.2 Å². The molecule has 1 atom stereocenters. The maximum Gasteiger partial charge on any atom is 0.269 e. The molecule has 0 radical (unpaired) electrons. The van der Waals surface area contributed by atoms with Gasteiger partial charge in [-0.1, -0.05) is 97.6 Å². The van der Waals surface area contributed by atoms with Gasteiger partial charge in [0.05, 0.1) is 15.5 Å². The largest absolute Gasteiger partial charge is 0.352 e. The summed E-state index contributed by atoms with van der Waals surface area (Å²) in [5, 5.41) is 14.6. The molecule has 1 aliphatic rings. The molecule has 1 saturated carbocycles. The number of amides is 2. The fourth-order valence-electron chi connectivity index (χ4n) is 6.09. The fraction of sp³-hybridized carbons (Fsp3) is 0.297. The molecule has 10 nitrogen and oxygen atoms in total. The highest BCUT2D eigenvalue weighted by molar-refractivity contribution is 7.92. The molecular weight excluding hydrogens is 628 g/mol. The number of nitrogens with one attached hydrogen (secondary N) is 1. The molecule has 0 saturated heterocycles. The van der Waals surface area contributed by atoms with Crippen molar-refractivity contribution in [2.24, 2.45) is 0 Å². The van der Waals surface area contributed by atoms with Gasteiger partial charge in [0.1, 0.15) is 12.6 Å². The van der Waals surface area contributed by atoms with Crippen LogP contribution in [0.1, 0.15) is 48.8 Å². The van der Waals surface area contributed by atoms with Crippen molar-refractivity contribution in [3.05, 3.63) is 136 Å². The van der Waals surface area contributed by atoms with E-state index in [9.17, 15) is 28.1 Å². The van der Waals surface area contributed by atoms with Crippen molar-refractivity contribution in [1.82, 2.24) is 10.2 Å². The smallest absolute Gasteiger partial charge is 0.269 e. The average Bonchev–Trinajstić information content (AvgIpc) is 3.10. The van der Waals surface area contributed by atoms with Gasteiger partial charge in [0.25, 0.3) is 15.7 Å². The number of benzene rings is 4. The summed E-state index contributed by atoms with van der Waals surface area (Å²) in [6.07, 6.45) is 5.09. The van der Waals surface area contributed by atoms with Crippen molar-refractivity contribution in [1.29, 1.82) is 0 Å². The third-order valence-electron chi connectivity index (χ3n) is 8.62. The van der Waals surface area contributed by atoms with E-state index in [1.807, 2.05) is 61.5 Å². The third-order valence-corrected chi connectivity index (χ3v) is 10.4. The SMILES string of the molecule is Cc1cccc(CN(C(=O)CN(c2ccc([N+](=O)[O-])cc2)S(=O)(=O)c2ccccc2)C(Cc2ccccc2)C(=O)NC2CCCCC2)c1. The number of non-ortho nitro benzene ring substituents is 1. The van der Waals surface area contributed by atoms with E-state index < -0.39 is 33.4 Å². The highest BCUT2D eigenvalue weighted by Gasteiger charge is 2.35. The molecule has 2 amide bonds. The lowest BCUT2D eigenvalue weighted by atomic mass is 9.94. The number of sulfonamides is 1. The predicted molar refractivity (Wildman–Crippen MR) is 185 cm³/mol. The van der Waals surface area contributed by atoms with E-state index in [0.717, 1.165) is 53.1 Å². The second-order valence-electron chi connectivity index (χ2n) is 12.2. The van der Waals surface area contributed by atoms with Crippen LogP contribution in [0.3, 0.4) is 0 Å². The first-order valence-electron chi connectivity index (χ1n) is 16.1. The zero-order chi connectivity index (χ0) is 34.1. The Balaban J connectivity index is 1.57. The van der Waals surface area contributed by atoms with E-state index >= 15 is 0 Å². The zero-order valence-electron chi connectivity index (χ0n) is 26.9. The number of anilines is 1. The molecule has 5 rings (SSSR count). The van der Waals surface area contributed by atoms with Crippen LogP contribution in [-0.2, 0) is 32.6 Å². The molecule has 11 heteroatoms. The Labute approximate surface area is 281 Å². The lowest BCUT2D eigenvalue weighted by Crippen LogP contribution is -2.55. The summed E-state index contributed by atoms with van der Waals surface area (Å²) in [5.41, 5.74) is 2.49. The molecule has 48 heavy (non-hydrogen) atoms. The topological polar surface area (TPSA) is 130 Å². The minimum atomic E-state index is -4.31. The van der Waals surface area contributed by atoms with Gasteiger partial charge in [0.15, 0.2) is 0 Å². The average molecular weight is 669 g/mol. The summed E-state index contributed by atoms with van der Waals surface area (Å²) in [4.78, 5) is 41.0. The van der Waals surface area contributed by atoms with Crippen molar-refractivity contribution >= 4 is 33.2 Å². The molecule has 0 bridgehead atoms. The first-order valence-corrected chi connectivity index (χ1v) is 17.6. The van der Waals surface area contributed by atoms with Crippen molar-refractivity contribution < 1.29 is 22.9 Å². The van der Waals surface area contributed by atoms with Crippen LogP contribution in [0.15, 0.2) is 114 Å². The molecule has 1 fully saturated rings. The van der Waals surface area contributed by atoms with Gasteiger partial charge in [-0.15, -0.1) is 0 Å². The Morgan fingerprint density at radius 3 is 2.10 bits per heavy atom. The molecule has 0 aliphatic heterocycles. The Hall–Kier alpha value is -5.03. The number of nitrogens with zero attached hydrogens (tertiary/aromatic N) is 3. The van der Waals surface area contributed by atoms with Crippen LogP contribution in [0.25, 0.3) is 0 Å². The maximum absolute atomic E-state index is 14.6. The highest BCUT2D eigenvalue weighted by atomic mass is 32.2. The third kappa shape index (κ3) is 8.65. The summed E-state index contributed by atoms with van der Waals surface area (Å²) >= 11 is 0. The van der Waals surface area contributed by atoms with Crippen LogP contribution in [0.2, 0.25) is 0 Å². The van der Waals surface area contributed by atoms with Crippen molar-refractivity contribution in [3.8, 4) is 0 Å². The van der Waals surface area contributed by atoms with E-state index in [2.05, 4.69) is 5.32 Å². The molecule has 0 heterocycles. The summed E-state index contributed by atoms with van der Waals surface area (Å²) < 4.78 is 29.2. The number of aryl methyl sites for hydroxylation is 1. The van der Waals surface area contributed by atoms with Crippen molar-refractivity contribution in [2.45, 2.75) is 69.0 Å². The maximum atomic E-state index is 14.6. The number of hydrogen-bond donors (Lipinski definition) is 1. The first-order chi connectivity index (χ1) is 23.1. The van der Waals surface area contributed by atoms with Crippen LogP contribution in [-0.4, -0.2) is 48.7 Å². The number of hydrogen-bond acceptors (Lipinski definition) is 6.